The lowest BCUT2D eigenvalue weighted by atomic mass is 10.1. The highest BCUT2D eigenvalue weighted by Gasteiger charge is 2.35. The van der Waals surface area contributed by atoms with Crippen LogP contribution in [0, 0.1) is 5.41 Å². The van der Waals surface area contributed by atoms with Gasteiger partial charge in [-0.05, 0) is 84.1 Å². The molecule has 8 nitrogen and oxygen atoms in total. The van der Waals surface area contributed by atoms with Crippen molar-refractivity contribution in [1.29, 1.82) is 5.41 Å². The number of likely N-dealkylation sites (tertiary alicyclic amines) is 1. The van der Waals surface area contributed by atoms with Crippen molar-refractivity contribution in [3.05, 3.63) is 58.1 Å². The van der Waals surface area contributed by atoms with Crippen LogP contribution in [-0.4, -0.2) is 47.8 Å². The van der Waals surface area contributed by atoms with Crippen molar-refractivity contribution in [2.75, 3.05) is 18.4 Å². The smallest absolute Gasteiger partial charge is 0.233 e. The molecule has 180 valence electrons. The van der Waals surface area contributed by atoms with Gasteiger partial charge in [-0.25, -0.2) is 0 Å². The third-order valence-corrected chi connectivity index (χ3v) is 6.79. The Balaban J connectivity index is 1.25. The molecular weight excluding hydrogens is 498 g/mol. The number of nitrogen functional groups attached to an aromatic ring is 1. The van der Waals surface area contributed by atoms with Crippen LogP contribution in [0.5, 0.6) is 5.75 Å². The largest absolute Gasteiger partial charge is 0.488 e. The van der Waals surface area contributed by atoms with Gasteiger partial charge >= 0.3 is 0 Å². The number of amidine groups is 1. The summed E-state index contributed by atoms with van der Waals surface area (Å²) in [7, 11) is 0. The molecule has 2 fully saturated rings. The number of ether oxygens (including phenoxy) is 1. The lowest BCUT2D eigenvalue weighted by Gasteiger charge is -2.19. The van der Waals surface area contributed by atoms with Crippen molar-refractivity contribution in [3.8, 4) is 5.75 Å². The van der Waals surface area contributed by atoms with E-state index in [1.165, 1.54) is 12.8 Å². The minimum absolute atomic E-state index is 0.0452. The summed E-state index contributed by atoms with van der Waals surface area (Å²) < 4.78 is 7.06. The molecule has 0 aromatic heterocycles. The van der Waals surface area contributed by atoms with Crippen molar-refractivity contribution < 1.29 is 14.3 Å². The Kier molecular flexibility index (Phi) is 7.53. The molecular formula is C25H30BrN5O3. The Morgan fingerprint density at radius 2 is 1.91 bits per heavy atom. The Labute approximate surface area is 207 Å². The summed E-state index contributed by atoms with van der Waals surface area (Å²) in [4.78, 5) is 27.1. The molecule has 1 aliphatic carbocycles. The lowest BCUT2D eigenvalue weighted by molar-refractivity contribution is -0.127. The molecule has 4 rings (SSSR count). The molecule has 34 heavy (non-hydrogen) atoms. The minimum Gasteiger partial charge on any atom is -0.488 e. The van der Waals surface area contributed by atoms with Crippen LogP contribution in [0.1, 0.15) is 49.8 Å². The molecule has 0 spiro atoms. The number of nitrogens with one attached hydrogen (secondary N) is 3. The number of nitrogens with zero attached hydrogens (tertiary/aromatic N) is 1. The minimum atomic E-state index is -0.415. The van der Waals surface area contributed by atoms with E-state index in [9.17, 15) is 9.59 Å². The SMILES string of the molecule is CC(NC(=O)CC(=O)Nc1ccc(C(=N)N)cc1)c1ccc(OC2CCN(C3CC3)C2)c(Br)c1. The predicted octanol–water partition coefficient (Wildman–Crippen LogP) is 3.55. The van der Waals surface area contributed by atoms with Crippen LogP contribution in [0.4, 0.5) is 5.69 Å². The first-order valence-corrected chi connectivity index (χ1v) is 12.3. The second-order valence-corrected chi connectivity index (χ2v) is 9.80. The van der Waals surface area contributed by atoms with E-state index in [2.05, 4.69) is 31.5 Å². The fraction of sp³-hybridized carbons (Fsp3) is 0.400. The zero-order valence-corrected chi connectivity index (χ0v) is 20.7. The van der Waals surface area contributed by atoms with Gasteiger partial charge < -0.3 is 21.1 Å². The number of carbonyl (C=O) groups is 2. The van der Waals surface area contributed by atoms with Gasteiger partial charge in [-0.15, -0.1) is 0 Å². The van der Waals surface area contributed by atoms with Gasteiger partial charge in [0.15, 0.2) is 0 Å². The van der Waals surface area contributed by atoms with E-state index in [4.69, 9.17) is 15.9 Å². The highest BCUT2D eigenvalue weighted by molar-refractivity contribution is 9.10. The molecule has 2 aliphatic rings. The fourth-order valence-corrected chi connectivity index (χ4v) is 4.63. The number of hydrogen-bond acceptors (Lipinski definition) is 5. The first-order valence-electron chi connectivity index (χ1n) is 11.5. The number of carbonyl (C=O) groups excluding carboxylic acids is 2. The van der Waals surface area contributed by atoms with Gasteiger partial charge in [-0.3, -0.25) is 19.9 Å². The van der Waals surface area contributed by atoms with E-state index >= 15 is 0 Å². The molecule has 2 aromatic rings. The second kappa shape index (κ2) is 10.6. The lowest BCUT2D eigenvalue weighted by Crippen LogP contribution is -2.30. The van der Waals surface area contributed by atoms with Crippen molar-refractivity contribution in [3.63, 3.8) is 0 Å². The maximum absolute atomic E-state index is 12.4. The number of benzene rings is 2. The summed E-state index contributed by atoms with van der Waals surface area (Å²) in [5.41, 5.74) is 7.45. The van der Waals surface area contributed by atoms with E-state index in [-0.39, 0.29) is 30.3 Å². The average molecular weight is 528 g/mol. The standard InChI is InChI=1S/C25H30BrN5O3/c1-15(29-23(32)13-24(33)30-18-5-2-16(3-6-18)25(27)28)17-4-9-22(21(26)12-17)34-20-10-11-31(14-20)19-7-8-19/h2-6,9,12,15,19-20H,7-8,10-11,13-14H2,1H3,(H3,27,28)(H,29,32)(H,30,33). The summed E-state index contributed by atoms with van der Waals surface area (Å²) >= 11 is 3.60. The van der Waals surface area contributed by atoms with E-state index in [0.717, 1.165) is 41.3 Å². The van der Waals surface area contributed by atoms with Crippen molar-refractivity contribution in [1.82, 2.24) is 10.2 Å². The maximum Gasteiger partial charge on any atom is 0.233 e. The Morgan fingerprint density at radius 3 is 2.56 bits per heavy atom. The molecule has 5 N–H and O–H groups in total. The number of anilines is 1. The quantitative estimate of drug-likeness (QED) is 0.225. The predicted molar refractivity (Wildman–Crippen MR) is 135 cm³/mol. The Bertz CT molecular complexity index is 1070. The molecule has 0 radical (unpaired) electrons. The molecule has 2 unspecified atom stereocenters. The fourth-order valence-electron chi connectivity index (χ4n) is 4.14. The topological polar surface area (TPSA) is 121 Å². The summed E-state index contributed by atoms with van der Waals surface area (Å²) in [6.45, 7) is 3.96. The van der Waals surface area contributed by atoms with Crippen LogP contribution >= 0.6 is 15.9 Å². The molecule has 1 saturated carbocycles. The van der Waals surface area contributed by atoms with E-state index in [0.29, 0.717) is 11.3 Å². The van der Waals surface area contributed by atoms with Gasteiger partial charge in [0, 0.05) is 30.4 Å². The zero-order chi connectivity index (χ0) is 24.2. The molecule has 1 heterocycles. The van der Waals surface area contributed by atoms with Crippen LogP contribution in [0.15, 0.2) is 46.9 Å². The molecule has 2 atom stereocenters. The summed E-state index contributed by atoms with van der Waals surface area (Å²) in [5.74, 6) is -0.0220. The highest BCUT2D eigenvalue weighted by Crippen LogP contribution is 2.33. The normalized spacial score (nSPS) is 18.8. The monoisotopic (exact) mass is 527 g/mol. The van der Waals surface area contributed by atoms with Crippen molar-refractivity contribution >= 4 is 39.3 Å². The number of halogens is 1. The first-order chi connectivity index (χ1) is 16.3. The summed E-state index contributed by atoms with van der Waals surface area (Å²) in [6, 6.07) is 12.9. The maximum atomic E-state index is 12.4. The Morgan fingerprint density at radius 1 is 1.18 bits per heavy atom. The van der Waals surface area contributed by atoms with Crippen LogP contribution in [0.2, 0.25) is 0 Å². The van der Waals surface area contributed by atoms with Gasteiger partial charge in [0.2, 0.25) is 11.8 Å². The summed E-state index contributed by atoms with van der Waals surface area (Å²) in [5, 5.41) is 12.9. The number of hydrogen-bond donors (Lipinski definition) is 4. The molecule has 2 aromatic carbocycles. The average Bonchev–Trinajstić information content (AvgIpc) is 3.54. The number of nitrogens with two attached hydrogens (primary N) is 1. The molecule has 9 heteroatoms. The van der Waals surface area contributed by atoms with Gasteiger partial charge in [0.1, 0.15) is 24.1 Å². The summed E-state index contributed by atoms with van der Waals surface area (Å²) in [6.07, 6.45) is 3.58. The molecule has 1 saturated heterocycles. The van der Waals surface area contributed by atoms with Crippen LogP contribution < -0.4 is 21.1 Å². The van der Waals surface area contributed by atoms with Crippen LogP contribution in [0.3, 0.4) is 0 Å². The van der Waals surface area contributed by atoms with Gasteiger partial charge in [-0.1, -0.05) is 6.07 Å². The van der Waals surface area contributed by atoms with Crippen LogP contribution in [-0.2, 0) is 9.59 Å². The van der Waals surface area contributed by atoms with Crippen LogP contribution in [0.25, 0.3) is 0 Å². The van der Waals surface area contributed by atoms with Crippen molar-refractivity contribution in [2.24, 2.45) is 5.73 Å². The molecule has 0 bridgehead atoms. The molecule has 2 amide bonds. The second-order valence-electron chi connectivity index (χ2n) is 8.95. The van der Waals surface area contributed by atoms with E-state index < -0.39 is 5.91 Å². The highest BCUT2D eigenvalue weighted by atomic mass is 79.9. The third-order valence-electron chi connectivity index (χ3n) is 6.17. The molecule has 1 aliphatic heterocycles. The van der Waals surface area contributed by atoms with Crippen molar-refractivity contribution in [2.45, 2.75) is 50.8 Å². The Hall–Kier alpha value is -2.91. The zero-order valence-electron chi connectivity index (χ0n) is 19.1. The number of rotatable bonds is 9. The number of amides is 2. The van der Waals surface area contributed by atoms with Gasteiger partial charge in [0.25, 0.3) is 0 Å². The van der Waals surface area contributed by atoms with E-state index in [1.807, 2.05) is 25.1 Å². The van der Waals surface area contributed by atoms with E-state index in [1.54, 1.807) is 24.3 Å². The van der Waals surface area contributed by atoms with Gasteiger partial charge in [-0.2, -0.15) is 0 Å². The van der Waals surface area contributed by atoms with Gasteiger partial charge in [0.05, 0.1) is 10.5 Å². The first kappa shape index (κ1) is 24.2. The third kappa shape index (κ3) is 6.36.